The Bertz CT molecular complexity index is 1130. The maximum atomic E-state index is 13.1. The fourth-order valence-electron chi connectivity index (χ4n) is 5.80. The van der Waals surface area contributed by atoms with Crippen molar-refractivity contribution in [2.75, 3.05) is 61.5 Å². The van der Waals surface area contributed by atoms with Gasteiger partial charge in [-0.1, -0.05) is 0 Å². The molecule has 5 heterocycles. The Morgan fingerprint density at radius 3 is 2.49 bits per heavy atom. The molecular formula is C24H33N9O2. The summed E-state index contributed by atoms with van der Waals surface area (Å²) in [6.07, 6.45) is 7.77. The minimum atomic E-state index is -0.665. The molecule has 1 amide bonds. The molecule has 11 nitrogen and oxygen atoms in total. The van der Waals surface area contributed by atoms with Gasteiger partial charge >= 0.3 is 0 Å². The first-order chi connectivity index (χ1) is 16.9. The lowest BCUT2D eigenvalue weighted by Crippen LogP contribution is -2.60. The van der Waals surface area contributed by atoms with Crippen molar-refractivity contribution in [3.63, 3.8) is 0 Å². The molecule has 2 saturated heterocycles. The third-order valence-electron chi connectivity index (χ3n) is 8.12. The molecule has 35 heavy (non-hydrogen) atoms. The summed E-state index contributed by atoms with van der Waals surface area (Å²) >= 11 is 0. The molecule has 0 spiro atoms. The highest BCUT2D eigenvalue weighted by Crippen LogP contribution is 2.42. The fourth-order valence-corrected chi connectivity index (χ4v) is 5.80. The molecule has 4 N–H and O–H groups in total. The van der Waals surface area contributed by atoms with E-state index >= 15 is 0 Å². The van der Waals surface area contributed by atoms with E-state index in [1.54, 1.807) is 12.4 Å². The average molecular weight is 480 g/mol. The third kappa shape index (κ3) is 3.77. The van der Waals surface area contributed by atoms with Gasteiger partial charge in [0.15, 0.2) is 0 Å². The molecule has 1 atom stereocenters. The van der Waals surface area contributed by atoms with Gasteiger partial charge in [0.1, 0.15) is 5.82 Å². The number of nitrogens with two attached hydrogens (primary N) is 2. The zero-order valence-electron chi connectivity index (χ0n) is 20.2. The Hall–Kier alpha value is -3.05. The van der Waals surface area contributed by atoms with Gasteiger partial charge in [0.05, 0.1) is 30.0 Å². The van der Waals surface area contributed by atoms with E-state index in [1.165, 1.54) is 0 Å². The number of hydrogen-bond acceptors (Lipinski definition) is 10. The number of hydrogen-bond donors (Lipinski definition) is 2. The molecule has 0 radical (unpaired) electrons. The van der Waals surface area contributed by atoms with Crippen molar-refractivity contribution < 1.29 is 9.53 Å². The first-order valence-electron chi connectivity index (χ1n) is 12.5. The molecule has 2 aromatic rings. The Balaban J connectivity index is 1.35. The molecule has 0 unspecified atom stereocenters. The number of likely N-dealkylation sites (tertiary alicyclic amines) is 1. The molecular weight excluding hydrogens is 446 g/mol. The van der Waals surface area contributed by atoms with E-state index in [2.05, 4.69) is 26.7 Å². The van der Waals surface area contributed by atoms with Crippen molar-refractivity contribution in [3.8, 4) is 11.3 Å². The minimum Gasteiger partial charge on any atom is -0.378 e. The monoisotopic (exact) mass is 479 g/mol. The van der Waals surface area contributed by atoms with Crippen molar-refractivity contribution in [3.05, 3.63) is 18.0 Å². The van der Waals surface area contributed by atoms with Crippen molar-refractivity contribution in [1.29, 1.82) is 0 Å². The molecule has 6 rings (SSSR count). The van der Waals surface area contributed by atoms with Crippen LogP contribution in [-0.2, 0) is 16.0 Å². The number of morpholine rings is 1. The third-order valence-corrected chi connectivity index (χ3v) is 8.12. The number of aromatic nitrogens is 4. The maximum absolute atomic E-state index is 13.1. The van der Waals surface area contributed by atoms with Crippen LogP contribution >= 0.6 is 0 Å². The number of amides is 1. The second-order valence-corrected chi connectivity index (χ2v) is 10.5. The van der Waals surface area contributed by atoms with E-state index in [1.807, 2.05) is 4.90 Å². The molecule has 3 aliphatic heterocycles. The lowest BCUT2D eigenvalue weighted by Gasteiger charge is -2.41. The molecule has 0 bridgehead atoms. The van der Waals surface area contributed by atoms with Crippen LogP contribution in [0.4, 0.5) is 17.7 Å². The van der Waals surface area contributed by atoms with E-state index in [0.29, 0.717) is 25.7 Å². The van der Waals surface area contributed by atoms with Crippen LogP contribution in [0, 0.1) is 0 Å². The van der Waals surface area contributed by atoms with Crippen molar-refractivity contribution in [2.45, 2.75) is 50.1 Å². The number of carbonyl (C=O) groups is 1. The molecule has 186 valence electrons. The van der Waals surface area contributed by atoms with E-state index in [-0.39, 0.29) is 17.4 Å². The number of rotatable bonds is 4. The van der Waals surface area contributed by atoms with Gasteiger partial charge in [-0.2, -0.15) is 4.98 Å². The molecule has 0 aromatic carbocycles. The largest absolute Gasteiger partial charge is 0.378 e. The zero-order chi connectivity index (χ0) is 24.2. The number of nitrogen functional groups attached to an aromatic ring is 1. The summed E-state index contributed by atoms with van der Waals surface area (Å²) in [5, 5.41) is 0. The van der Waals surface area contributed by atoms with Gasteiger partial charge in [-0.3, -0.25) is 4.79 Å². The summed E-state index contributed by atoms with van der Waals surface area (Å²) < 4.78 is 5.55. The predicted octanol–water partition coefficient (Wildman–Crippen LogP) is 0.587. The van der Waals surface area contributed by atoms with Crippen molar-refractivity contribution in [2.24, 2.45) is 5.73 Å². The van der Waals surface area contributed by atoms with Gasteiger partial charge in [-0.15, -0.1) is 0 Å². The van der Waals surface area contributed by atoms with Gasteiger partial charge in [-0.05, 0) is 39.0 Å². The van der Waals surface area contributed by atoms with Crippen LogP contribution in [-0.4, -0.2) is 87.8 Å². The lowest BCUT2D eigenvalue weighted by molar-refractivity contribution is -0.139. The zero-order valence-corrected chi connectivity index (χ0v) is 20.2. The summed E-state index contributed by atoms with van der Waals surface area (Å²) in [5.74, 6) is 1.97. The predicted molar refractivity (Wildman–Crippen MR) is 132 cm³/mol. The van der Waals surface area contributed by atoms with Crippen LogP contribution in [0.15, 0.2) is 12.4 Å². The topological polar surface area (TPSA) is 140 Å². The highest BCUT2D eigenvalue weighted by atomic mass is 16.5. The smallest absolute Gasteiger partial charge is 0.242 e. The lowest BCUT2D eigenvalue weighted by atomic mass is 9.76. The molecule has 1 saturated carbocycles. The standard InChI is InChI=1S/C24H33N9O2/c1-23(6-8-32(15-23)20(34)24(26)4-2-5-24)33-7-3-17-18(16-13-27-21(25)28-14-16)29-22(30-19(17)33)31-9-11-35-12-10-31/h13-14H,2-12,15,26H2,1H3,(H2,25,27,28)/t23-/m0/s1. The van der Waals surface area contributed by atoms with Gasteiger partial charge in [0.25, 0.3) is 0 Å². The maximum Gasteiger partial charge on any atom is 0.242 e. The normalized spacial score (nSPS) is 25.5. The molecule has 4 aliphatic rings. The van der Waals surface area contributed by atoms with Crippen LogP contribution < -0.4 is 21.3 Å². The Labute approximate surface area is 204 Å². The first-order valence-corrected chi connectivity index (χ1v) is 12.5. The number of carbonyl (C=O) groups excluding carboxylic acids is 1. The molecule has 1 aliphatic carbocycles. The number of anilines is 3. The van der Waals surface area contributed by atoms with Gasteiger partial charge in [-0.25, -0.2) is 15.0 Å². The number of nitrogens with zero attached hydrogens (tertiary/aromatic N) is 7. The SMILES string of the molecule is C[C@]1(N2CCc3c(-c4cnc(N)nc4)nc(N4CCOCC4)nc32)CCN(C(=O)C2(N)CCC2)C1. The van der Waals surface area contributed by atoms with E-state index in [0.717, 1.165) is 80.9 Å². The van der Waals surface area contributed by atoms with Gasteiger partial charge in [0, 0.05) is 56.2 Å². The van der Waals surface area contributed by atoms with Crippen LogP contribution in [0.1, 0.15) is 38.2 Å². The quantitative estimate of drug-likeness (QED) is 0.640. The molecule has 11 heteroatoms. The number of fused-ring (bicyclic) bond motifs is 1. The number of ether oxygens (including phenoxy) is 1. The molecule has 3 fully saturated rings. The summed E-state index contributed by atoms with van der Waals surface area (Å²) in [5.41, 5.74) is 14.0. The second kappa shape index (κ2) is 8.27. The van der Waals surface area contributed by atoms with E-state index in [4.69, 9.17) is 26.2 Å². The Morgan fingerprint density at radius 1 is 1.06 bits per heavy atom. The highest BCUT2D eigenvalue weighted by molar-refractivity contribution is 5.87. The Kier molecular flexibility index (Phi) is 5.29. The first kappa shape index (κ1) is 22.4. The van der Waals surface area contributed by atoms with Crippen LogP contribution in [0.2, 0.25) is 0 Å². The molecule has 2 aromatic heterocycles. The Morgan fingerprint density at radius 2 is 1.80 bits per heavy atom. The van der Waals surface area contributed by atoms with Gasteiger partial charge < -0.3 is 30.9 Å². The van der Waals surface area contributed by atoms with Crippen LogP contribution in [0.5, 0.6) is 0 Å². The fraction of sp³-hybridized carbons (Fsp3) is 0.625. The van der Waals surface area contributed by atoms with Crippen LogP contribution in [0.3, 0.4) is 0 Å². The van der Waals surface area contributed by atoms with Crippen molar-refractivity contribution in [1.82, 2.24) is 24.8 Å². The average Bonchev–Trinajstić information content (AvgIpc) is 3.47. The van der Waals surface area contributed by atoms with E-state index < -0.39 is 5.54 Å². The highest BCUT2D eigenvalue weighted by Gasteiger charge is 2.49. The van der Waals surface area contributed by atoms with Gasteiger partial charge in [0.2, 0.25) is 17.8 Å². The second-order valence-electron chi connectivity index (χ2n) is 10.5. The minimum absolute atomic E-state index is 0.100. The summed E-state index contributed by atoms with van der Waals surface area (Å²) in [7, 11) is 0. The van der Waals surface area contributed by atoms with E-state index in [9.17, 15) is 4.79 Å². The summed E-state index contributed by atoms with van der Waals surface area (Å²) in [6, 6.07) is 0. The summed E-state index contributed by atoms with van der Waals surface area (Å²) in [4.78, 5) is 38.1. The van der Waals surface area contributed by atoms with Crippen LogP contribution in [0.25, 0.3) is 11.3 Å². The summed E-state index contributed by atoms with van der Waals surface area (Å²) in [6.45, 7) is 7.23. The van der Waals surface area contributed by atoms with Crippen molar-refractivity contribution >= 4 is 23.6 Å².